The van der Waals surface area contributed by atoms with Crippen molar-refractivity contribution >= 4 is 11.8 Å². The number of hydrogen-bond acceptors (Lipinski definition) is 3. The molecule has 1 rings (SSSR count). The van der Waals surface area contributed by atoms with Crippen molar-refractivity contribution in [1.82, 2.24) is 10.2 Å². The molecular formula is C13H21N3O2. The number of likely N-dealkylation sites (tertiary alicyclic amines) is 1. The number of hydrogen-bond donors (Lipinski definition) is 1. The van der Waals surface area contributed by atoms with E-state index >= 15 is 0 Å². The van der Waals surface area contributed by atoms with E-state index < -0.39 is 12.0 Å². The Labute approximate surface area is 108 Å². The van der Waals surface area contributed by atoms with Crippen molar-refractivity contribution in [3.63, 3.8) is 0 Å². The standard InChI is InChI=1S/C13H21N3O2/c1-9(2)11(8-14)12(17)15-10(3)13(18)16-6-4-5-7-16/h9-11H,4-7H2,1-3H3,(H,15,17). The number of amides is 2. The molecule has 0 bridgehead atoms. The summed E-state index contributed by atoms with van der Waals surface area (Å²) in [5, 5.41) is 11.6. The maximum atomic E-state index is 12.0. The highest BCUT2D eigenvalue weighted by Gasteiger charge is 2.28. The van der Waals surface area contributed by atoms with Gasteiger partial charge < -0.3 is 10.2 Å². The first-order chi connectivity index (χ1) is 8.47. The average molecular weight is 251 g/mol. The van der Waals surface area contributed by atoms with Crippen molar-refractivity contribution in [3.8, 4) is 6.07 Å². The number of carbonyl (C=O) groups excluding carboxylic acids is 2. The van der Waals surface area contributed by atoms with Crippen LogP contribution in [-0.4, -0.2) is 35.8 Å². The molecule has 5 heteroatoms. The van der Waals surface area contributed by atoms with Crippen LogP contribution in [0.15, 0.2) is 0 Å². The molecule has 2 amide bonds. The van der Waals surface area contributed by atoms with Gasteiger partial charge in [-0.3, -0.25) is 9.59 Å². The van der Waals surface area contributed by atoms with Crippen LogP contribution < -0.4 is 5.32 Å². The molecular weight excluding hydrogens is 230 g/mol. The zero-order chi connectivity index (χ0) is 13.7. The molecule has 1 aliphatic rings. The van der Waals surface area contributed by atoms with Gasteiger partial charge in [-0.2, -0.15) is 5.26 Å². The Morgan fingerprint density at radius 3 is 2.22 bits per heavy atom. The summed E-state index contributed by atoms with van der Waals surface area (Å²) in [5.41, 5.74) is 0. The van der Waals surface area contributed by atoms with E-state index in [-0.39, 0.29) is 17.7 Å². The zero-order valence-corrected chi connectivity index (χ0v) is 11.3. The van der Waals surface area contributed by atoms with Crippen molar-refractivity contribution < 1.29 is 9.59 Å². The van der Waals surface area contributed by atoms with Gasteiger partial charge in [-0.25, -0.2) is 0 Å². The van der Waals surface area contributed by atoms with Crippen molar-refractivity contribution in [2.45, 2.75) is 39.7 Å². The summed E-state index contributed by atoms with van der Waals surface area (Å²) in [6, 6.07) is 1.43. The van der Waals surface area contributed by atoms with Gasteiger partial charge in [0, 0.05) is 13.1 Å². The van der Waals surface area contributed by atoms with Gasteiger partial charge in [-0.05, 0) is 25.7 Å². The molecule has 0 aliphatic carbocycles. The van der Waals surface area contributed by atoms with E-state index in [9.17, 15) is 9.59 Å². The summed E-state index contributed by atoms with van der Waals surface area (Å²) < 4.78 is 0. The van der Waals surface area contributed by atoms with E-state index in [0.717, 1.165) is 25.9 Å². The maximum Gasteiger partial charge on any atom is 0.244 e. The molecule has 100 valence electrons. The van der Waals surface area contributed by atoms with Gasteiger partial charge in [0.25, 0.3) is 0 Å². The number of nitriles is 1. The van der Waals surface area contributed by atoms with Gasteiger partial charge in [0.15, 0.2) is 0 Å². The highest BCUT2D eigenvalue weighted by molar-refractivity contribution is 5.89. The Balaban J connectivity index is 2.53. The second-order valence-electron chi connectivity index (χ2n) is 5.11. The quantitative estimate of drug-likeness (QED) is 0.807. The van der Waals surface area contributed by atoms with E-state index in [0.29, 0.717) is 0 Å². The van der Waals surface area contributed by atoms with Crippen molar-refractivity contribution in [3.05, 3.63) is 0 Å². The molecule has 1 N–H and O–H groups in total. The van der Waals surface area contributed by atoms with E-state index in [4.69, 9.17) is 5.26 Å². The zero-order valence-electron chi connectivity index (χ0n) is 11.3. The molecule has 0 radical (unpaired) electrons. The molecule has 1 aliphatic heterocycles. The Kier molecular flexibility index (Phi) is 5.14. The summed E-state index contributed by atoms with van der Waals surface area (Å²) >= 11 is 0. The van der Waals surface area contributed by atoms with Crippen LogP contribution >= 0.6 is 0 Å². The Morgan fingerprint density at radius 1 is 1.22 bits per heavy atom. The van der Waals surface area contributed by atoms with Crippen LogP contribution in [0.25, 0.3) is 0 Å². The van der Waals surface area contributed by atoms with Crippen LogP contribution in [0.4, 0.5) is 0 Å². The third-order valence-electron chi connectivity index (χ3n) is 3.24. The molecule has 5 nitrogen and oxygen atoms in total. The van der Waals surface area contributed by atoms with Crippen molar-refractivity contribution in [1.29, 1.82) is 5.26 Å². The molecule has 0 saturated carbocycles. The Morgan fingerprint density at radius 2 is 1.78 bits per heavy atom. The number of carbonyl (C=O) groups is 2. The summed E-state index contributed by atoms with van der Waals surface area (Å²) in [5.74, 6) is -1.16. The summed E-state index contributed by atoms with van der Waals surface area (Å²) in [7, 11) is 0. The number of nitrogens with one attached hydrogen (secondary N) is 1. The minimum absolute atomic E-state index is 0.0518. The van der Waals surface area contributed by atoms with E-state index in [1.807, 2.05) is 19.9 Å². The van der Waals surface area contributed by atoms with Crippen LogP contribution in [0.1, 0.15) is 33.6 Å². The second kappa shape index (κ2) is 6.39. The van der Waals surface area contributed by atoms with Crippen LogP contribution in [0, 0.1) is 23.2 Å². The van der Waals surface area contributed by atoms with Gasteiger partial charge in [0.1, 0.15) is 12.0 Å². The predicted molar refractivity (Wildman–Crippen MR) is 67.4 cm³/mol. The number of nitrogens with zero attached hydrogens (tertiary/aromatic N) is 2. The first kappa shape index (κ1) is 14.5. The first-order valence-corrected chi connectivity index (χ1v) is 6.46. The molecule has 1 heterocycles. The molecule has 2 atom stereocenters. The molecule has 18 heavy (non-hydrogen) atoms. The fourth-order valence-corrected chi connectivity index (χ4v) is 2.09. The van der Waals surface area contributed by atoms with Crippen LogP contribution in [0.3, 0.4) is 0 Å². The SMILES string of the molecule is CC(NC(=O)C(C#N)C(C)C)C(=O)N1CCCC1. The largest absolute Gasteiger partial charge is 0.343 e. The lowest BCUT2D eigenvalue weighted by Crippen LogP contribution is -2.48. The fraction of sp³-hybridized carbons (Fsp3) is 0.769. The Bertz CT molecular complexity index is 354. The normalized spacial score (nSPS) is 18.3. The summed E-state index contributed by atoms with van der Waals surface area (Å²) in [6.45, 7) is 6.85. The van der Waals surface area contributed by atoms with Crippen LogP contribution in [0.2, 0.25) is 0 Å². The smallest absolute Gasteiger partial charge is 0.244 e. The fourth-order valence-electron chi connectivity index (χ4n) is 2.09. The lowest BCUT2D eigenvalue weighted by Gasteiger charge is -2.22. The van der Waals surface area contributed by atoms with Crippen molar-refractivity contribution in [2.24, 2.45) is 11.8 Å². The summed E-state index contributed by atoms with van der Waals surface area (Å²) in [6.07, 6.45) is 2.05. The third-order valence-corrected chi connectivity index (χ3v) is 3.24. The minimum atomic E-state index is -0.696. The molecule has 1 fully saturated rings. The lowest BCUT2D eigenvalue weighted by molar-refractivity contribution is -0.136. The van der Waals surface area contributed by atoms with Crippen LogP contribution in [-0.2, 0) is 9.59 Å². The predicted octanol–water partition coefficient (Wildman–Crippen LogP) is 0.909. The van der Waals surface area contributed by atoms with Gasteiger partial charge in [-0.1, -0.05) is 13.8 Å². The maximum absolute atomic E-state index is 12.0. The molecule has 0 aromatic heterocycles. The molecule has 0 aromatic rings. The molecule has 0 spiro atoms. The van der Waals surface area contributed by atoms with E-state index in [1.54, 1.807) is 11.8 Å². The molecule has 1 saturated heterocycles. The second-order valence-corrected chi connectivity index (χ2v) is 5.11. The monoisotopic (exact) mass is 251 g/mol. The highest BCUT2D eigenvalue weighted by Crippen LogP contribution is 2.12. The molecule has 0 aromatic carbocycles. The van der Waals surface area contributed by atoms with E-state index in [1.165, 1.54) is 0 Å². The van der Waals surface area contributed by atoms with Crippen molar-refractivity contribution in [2.75, 3.05) is 13.1 Å². The third kappa shape index (κ3) is 3.46. The van der Waals surface area contributed by atoms with E-state index in [2.05, 4.69) is 5.32 Å². The lowest BCUT2D eigenvalue weighted by atomic mass is 9.96. The van der Waals surface area contributed by atoms with Gasteiger partial charge in [-0.15, -0.1) is 0 Å². The Hall–Kier alpha value is -1.57. The minimum Gasteiger partial charge on any atom is -0.343 e. The van der Waals surface area contributed by atoms with Crippen LogP contribution in [0.5, 0.6) is 0 Å². The average Bonchev–Trinajstić information content (AvgIpc) is 2.81. The van der Waals surface area contributed by atoms with Gasteiger partial charge >= 0.3 is 0 Å². The van der Waals surface area contributed by atoms with Gasteiger partial charge in [0.05, 0.1) is 6.07 Å². The highest BCUT2D eigenvalue weighted by atomic mass is 16.2. The topological polar surface area (TPSA) is 73.2 Å². The first-order valence-electron chi connectivity index (χ1n) is 6.46. The van der Waals surface area contributed by atoms with Gasteiger partial charge in [0.2, 0.25) is 11.8 Å². The summed E-state index contributed by atoms with van der Waals surface area (Å²) in [4.78, 5) is 25.6. The number of rotatable bonds is 4. The molecule has 2 unspecified atom stereocenters.